The number of nitrogens with two attached hydrogens (primary N) is 1. The van der Waals surface area contributed by atoms with E-state index < -0.39 is 21.8 Å². The number of hydrogen-bond donors (Lipinski definition) is 2. The number of hydrogen-bond acceptors (Lipinski definition) is 5. The van der Waals surface area contributed by atoms with E-state index in [2.05, 4.69) is 5.32 Å². The van der Waals surface area contributed by atoms with Crippen LogP contribution in [0, 0.1) is 0 Å². The van der Waals surface area contributed by atoms with Gasteiger partial charge in [-0.3, -0.25) is 4.79 Å². The Morgan fingerprint density at radius 1 is 1.44 bits per heavy atom. The molecule has 0 aromatic heterocycles. The van der Waals surface area contributed by atoms with Gasteiger partial charge in [-0.15, -0.1) is 0 Å². The number of rotatable bonds is 5. The van der Waals surface area contributed by atoms with Gasteiger partial charge < -0.3 is 15.8 Å². The predicted octanol–water partition coefficient (Wildman–Crippen LogP) is 0.00230. The Hall–Kier alpha value is -1.44. The minimum Gasteiger partial charge on any atom is -0.383 e. The highest BCUT2D eigenvalue weighted by molar-refractivity contribution is 7.90. The molecule has 1 aromatic rings. The van der Waals surface area contributed by atoms with Crippen molar-refractivity contribution in [1.82, 2.24) is 0 Å². The molecule has 7 heteroatoms. The van der Waals surface area contributed by atoms with Crippen molar-refractivity contribution in [2.45, 2.75) is 10.9 Å². The summed E-state index contributed by atoms with van der Waals surface area (Å²) in [4.78, 5) is 11.7. The lowest BCUT2D eigenvalue weighted by atomic mass is 10.2. The number of carbonyl (C=O) groups is 1. The number of ether oxygens (including phenoxy) is 1. The summed E-state index contributed by atoms with van der Waals surface area (Å²) in [5.41, 5.74) is 5.77. The first-order valence-electron chi connectivity index (χ1n) is 5.20. The average Bonchev–Trinajstić information content (AvgIpc) is 2.28. The molecule has 1 atom stereocenters. The van der Waals surface area contributed by atoms with Gasteiger partial charge in [-0.1, -0.05) is 12.1 Å². The highest BCUT2D eigenvalue weighted by Gasteiger charge is 2.18. The molecule has 0 aliphatic rings. The van der Waals surface area contributed by atoms with Gasteiger partial charge in [0.1, 0.15) is 6.04 Å². The molecule has 1 unspecified atom stereocenters. The second kappa shape index (κ2) is 5.94. The van der Waals surface area contributed by atoms with Crippen LogP contribution in [0.15, 0.2) is 29.2 Å². The molecular weight excluding hydrogens is 256 g/mol. The molecule has 0 aliphatic heterocycles. The Labute approximate surface area is 106 Å². The molecule has 0 radical (unpaired) electrons. The van der Waals surface area contributed by atoms with Crippen LogP contribution < -0.4 is 11.1 Å². The van der Waals surface area contributed by atoms with Gasteiger partial charge in [0.15, 0.2) is 9.84 Å². The number of sulfone groups is 1. The number of amides is 1. The number of para-hydroxylation sites is 1. The molecule has 1 amide bonds. The fourth-order valence-corrected chi connectivity index (χ4v) is 2.22. The largest absolute Gasteiger partial charge is 0.383 e. The Morgan fingerprint density at radius 2 is 2.06 bits per heavy atom. The molecule has 0 saturated heterocycles. The van der Waals surface area contributed by atoms with Crippen LogP contribution in [0.1, 0.15) is 0 Å². The summed E-state index contributed by atoms with van der Waals surface area (Å²) >= 11 is 0. The van der Waals surface area contributed by atoms with Crippen LogP contribution in [0.4, 0.5) is 5.69 Å². The summed E-state index contributed by atoms with van der Waals surface area (Å²) in [5.74, 6) is -0.493. The lowest BCUT2D eigenvalue weighted by molar-refractivity contribution is -0.118. The van der Waals surface area contributed by atoms with Gasteiger partial charge in [-0.05, 0) is 12.1 Å². The Morgan fingerprint density at radius 3 is 2.61 bits per heavy atom. The van der Waals surface area contributed by atoms with Crippen LogP contribution in [-0.4, -0.2) is 40.3 Å². The molecule has 3 N–H and O–H groups in total. The fraction of sp³-hybridized carbons (Fsp3) is 0.364. The van der Waals surface area contributed by atoms with Crippen molar-refractivity contribution in [3.05, 3.63) is 24.3 Å². The van der Waals surface area contributed by atoms with E-state index in [1.807, 2.05) is 0 Å². The zero-order chi connectivity index (χ0) is 13.8. The summed E-state index contributed by atoms with van der Waals surface area (Å²) in [6, 6.07) is 5.30. The van der Waals surface area contributed by atoms with Gasteiger partial charge in [-0.25, -0.2) is 8.42 Å². The van der Waals surface area contributed by atoms with Crippen molar-refractivity contribution in [1.29, 1.82) is 0 Å². The Bertz CT molecular complexity index is 528. The van der Waals surface area contributed by atoms with Crippen LogP contribution in [-0.2, 0) is 19.4 Å². The van der Waals surface area contributed by atoms with Crippen LogP contribution in [0.5, 0.6) is 0 Å². The maximum absolute atomic E-state index is 11.7. The molecule has 0 heterocycles. The Kier molecular flexibility index (Phi) is 4.83. The smallest absolute Gasteiger partial charge is 0.243 e. The second-order valence-corrected chi connectivity index (χ2v) is 5.80. The summed E-state index contributed by atoms with van der Waals surface area (Å²) in [5, 5.41) is 2.48. The molecule has 1 rings (SSSR count). The van der Waals surface area contributed by atoms with Gasteiger partial charge in [0.25, 0.3) is 0 Å². The lowest BCUT2D eigenvalue weighted by Gasteiger charge is -2.13. The van der Waals surface area contributed by atoms with Gasteiger partial charge in [0.05, 0.1) is 17.2 Å². The van der Waals surface area contributed by atoms with Crippen LogP contribution in [0.3, 0.4) is 0 Å². The summed E-state index contributed by atoms with van der Waals surface area (Å²) in [6.07, 6.45) is 1.08. The molecule has 0 aliphatic carbocycles. The molecule has 1 aromatic carbocycles. The SMILES string of the molecule is COCC(N)C(=O)Nc1ccccc1S(C)(=O)=O. The normalized spacial score (nSPS) is 13.1. The van der Waals surface area contributed by atoms with Crippen molar-refractivity contribution in [2.24, 2.45) is 5.73 Å². The van der Waals surface area contributed by atoms with E-state index in [1.54, 1.807) is 12.1 Å². The first kappa shape index (κ1) is 14.6. The van der Waals surface area contributed by atoms with Crippen LogP contribution in [0.2, 0.25) is 0 Å². The molecule has 0 saturated carbocycles. The van der Waals surface area contributed by atoms with Gasteiger partial charge >= 0.3 is 0 Å². The summed E-state index contributed by atoms with van der Waals surface area (Å²) < 4.78 is 27.8. The molecule has 0 spiro atoms. The first-order chi connectivity index (χ1) is 8.36. The number of anilines is 1. The fourth-order valence-electron chi connectivity index (χ4n) is 1.37. The minimum atomic E-state index is -3.40. The molecule has 0 bridgehead atoms. The van der Waals surface area contributed by atoms with E-state index in [0.29, 0.717) is 0 Å². The number of carbonyl (C=O) groups excluding carboxylic acids is 1. The monoisotopic (exact) mass is 272 g/mol. The van der Waals surface area contributed by atoms with Gasteiger partial charge in [0.2, 0.25) is 5.91 Å². The van der Waals surface area contributed by atoms with Crippen molar-refractivity contribution < 1.29 is 17.9 Å². The third-order valence-electron chi connectivity index (χ3n) is 2.23. The zero-order valence-electron chi connectivity index (χ0n) is 10.2. The van der Waals surface area contributed by atoms with E-state index in [9.17, 15) is 13.2 Å². The standard InChI is InChI=1S/C11H16N2O4S/c1-17-7-8(12)11(14)13-9-5-3-4-6-10(9)18(2,15)16/h3-6,8H,7,12H2,1-2H3,(H,13,14). The topological polar surface area (TPSA) is 98.5 Å². The minimum absolute atomic E-state index is 0.0583. The van der Waals surface area contributed by atoms with Gasteiger partial charge in [0, 0.05) is 13.4 Å². The van der Waals surface area contributed by atoms with Crippen molar-refractivity contribution in [2.75, 3.05) is 25.3 Å². The van der Waals surface area contributed by atoms with Crippen molar-refractivity contribution >= 4 is 21.4 Å². The van der Waals surface area contributed by atoms with E-state index in [1.165, 1.54) is 19.2 Å². The van der Waals surface area contributed by atoms with E-state index in [0.717, 1.165) is 6.26 Å². The number of methoxy groups -OCH3 is 1. The molecule has 18 heavy (non-hydrogen) atoms. The second-order valence-electron chi connectivity index (χ2n) is 3.82. The molecule has 0 fully saturated rings. The number of benzene rings is 1. The number of nitrogens with one attached hydrogen (secondary N) is 1. The average molecular weight is 272 g/mol. The van der Waals surface area contributed by atoms with E-state index >= 15 is 0 Å². The maximum atomic E-state index is 11.7. The first-order valence-corrected chi connectivity index (χ1v) is 7.10. The third kappa shape index (κ3) is 3.80. The van der Waals surface area contributed by atoms with Crippen molar-refractivity contribution in [3.63, 3.8) is 0 Å². The summed E-state index contributed by atoms with van der Waals surface area (Å²) in [7, 11) is -1.98. The lowest BCUT2D eigenvalue weighted by Crippen LogP contribution is -2.39. The van der Waals surface area contributed by atoms with Gasteiger partial charge in [-0.2, -0.15) is 0 Å². The maximum Gasteiger partial charge on any atom is 0.243 e. The molecule has 6 nitrogen and oxygen atoms in total. The van der Waals surface area contributed by atoms with Crippen LogP contribution >= 0.6 is 0 Å². The Balaban J connectivity index is 2.95. The zero-order valence-corrected chi connectivity index (χ0v) is 11.0. The van der Waals surface area contributed by atoms with E-state index in [4.69, 9.17) is 10.5 Å². The predicted molar refractivity (Wildman–Crippen MR) is 68.0 cm³/mol. The highest BCUT2D eigenvalue weighted by Crippen LogP contribution is 2.20. The van der Waals surface area contributed by atoms with E-state index in [-0.39, 0.29) is 17.2 Å². The summed E-state index contributed by atoms with van der Waals surface area (Å²) in [6.45, 7) is 0.0624. The molecular formula is C11H16N2O4S. The van der Waals surface area contributed by atoms with Crippen molar-refractivity contribution in [3.8, 4) is 0 Å². The quantitative estimate of drug-likeness (QED) is 0.786. The third-order valence-corrected chi connectivity index (χ3v) is 3.38. The highest BCUT2D eigenvalue weighted by atomic mass is 32.2. The van der Waals surface area contributed by atoms with Crippen LogP contribution in [0.25, 0.3) is 0 Å². The molecule has 100 valence electrons.